The molecule has 7 heteroatoms. The fourth-order valence-electron chi connectivity index (χ4n) is 3.32. The third kappa shape index (κ3) is 4.35. The first-order valence-corrected chi connectivity index (χ1v) is 9.42. The molecule has 0 bridgehead atoms. The molecular formula is C21H21N5O2. The molecule has 0 spiro atoms. The Labute approximate surface area is 163 Å². The maximum atomic E-state index is 8.82. The Morgan fingerprint density at radius 1 is 1.14 bits per heavy atom. The molecule has 3 heterocycles. The van der Waals surface area contributed by atoms with E-state index in [1.54, 1.807) is 18.3 Å². The van der Waals surface area contributed by atoms with Gasteiger partial charge in [-0.05, 0) is 62.3 Å². The van der Waals surface area contributed by atoms with Crippen LogP contribution in [-0.2, 0) is 0 Å². The van der Waals surface area contributed by atoms with E-state index in [0.717, 1.165) is 43.9 Å². The van der Waals surface area contributed by atoms with Crippen LogP contribution in [-0.4, -0.2) is 46.3 Å². The van der Waals surface area contributed by atoms with Crippen molar-refractivity contribution in [2.45, 2.75) is 18.8 Å². The topological polar surface area (TPSA) is 88.1 Å². The van der Waals surface area contributed by atoms with Gasteiger partial charge in [-0.3, -0.25) is 9.88 Å². The largest absolute Gasteiger partial charge is 0.492 e. The molecule has 7 nitrogen and oxygen atoms in total. The maximum absolute atomic E-state index is 8.82. The van der Waals surface area contributed by atoms with E-state index in [0.29, 0.717) is 29.8 Å². The molecule has 0 unspecified atom stereocenters. The lowest BCUT2D eigenvalue weighted by Crippen LogP contribution is -2.35. The second-order valence-corrected chi connectivity index (χ2v) is 6.77. The van der Waals surface area contributed by atoms with Gasteiger partial charge in [0.25, 0.3) is 0 Å². The van der Waals surface area contributed by atoms with Crippen LogP contribution in [0, 0.1) is 11.3 Å². The number of benzene rings is 1. The van der Waals surface area contributed by atoms with Crippen LogP contribution in [0.25, 0.3) is 11.5 Å². The van der Waals surface area contributed by atoms with Crippen molar-refractivity contribution in [2.75, 3.05) is 26.2 Å². The Morgan fingerprint density at radius 2 is 1.96 bits per heavy atom. The first-order valence-electron chi connectivity index (χ1n) is 9.42. The van der Waals surface area contributed by atoms with Gasteiger partial charge in [0.1, 0.15) is 18.1 Å². The number of pyridine rings is 1. The molecule has 1 aliphatic heterocycles. The zero-order chi connectivity index (χ0) is 19.2. The van der Waals surface area contributed by atoms with Crippen LogP contribution in [0.5, 0.6) is 5.75 Å². The summed E-state index contributed by atoms with van der Waals surface area (Å²) in [5, 5.41) is 12.9. The molecule has 1 aliphatic rings. The number of nitrogens with zero attached hydrogens (tertiary/aromatic N) is 5. The van der Waals surface area contributed by atoms with Gasteiger partial charge < -0.3 is 9.26 Å². The van der Waals surface area contributed by atoms with Crippen LogP contribution in [0.2, 0.25) is 0 Å². The number of nitriles is 1. The Balaban J connectivity index is 1.23. The highest BCUT2D eigenvalue weighted by Gasteiger charge is 2.25. The number of aromatic nitrogens is 3. The molecule has 2 aromatic heterocycles. The normalized spacial score (nSPS) is 15.2. The number of likely N-dealkylation sites (tertiary alicyclic amines) is 1. The zero-order valence-electron chi connectivity index (χ0n) is 15.5. The molecule has 4 rings (SSSR count). The molecule has 28 heavy (non-hydrogen) atoms. The summed E-state index contributed by atoms with van der Waals surface area (Å²) >= 11 is 0. The van der Waals surface area contributed by atoms with E-state index in [-0.39, 0.29) is 0 Å². The summed E-state index contributed by atoms with van der Waals surface area (Å²) in [6, 6.07) is 15.0. The highest BCUT2D eigenvalue weighted by molar-refractivity contribution is 5.47. The lowest BCUT2D eigenvalue weighted by atomic mass is 9.97. The molecule has 1 fully saturated rings. The fraction of sp³-hybridized carbons (Fsp3) is 0.333. The SMILES string of the molecule is N#Cc1ccc(OCCN2CCC(c3nc(-c4ccccn4)no3)CC2)cc1. The van der Waals surface area contributed by atoms with E-state index in [1.165, 1.54) is 0 Å². The smallest absolute Gasteiger partial charge is 0.230 e. The summed E-state index contributed by atoms with van der Waals surface area (Å²) in [6.07, 6.45) is 3.70. The average molecular weight is 375 g/mol. The predicted molar refractivity (Wildman–Crippen MR) is 103 cm³/mol. The van der Waals surface area contributed by atoms with Crippen LogP contribution in [0.15, 0.2) is 53.2 Å². The highest BCUT2D eigenvalue weighted by Crippen LogP contribution is 2.28. The van der Waals surface area contributed by atoms with Gasteiger partial charge in [0.2, 0.25) is 11.7 Å². The number of rotatable bonds is 6. The van der Waals surface area contributed by atoms with Gasteiger partial charge in [-0.25, -0.2) is 0 Å². The summed E-state index contributed by atoms with van der Waals surface area (Å²) in [7, 11) is 0. The van der Waals surface area contributed by atoms with Crippen LogP contribution in [0.1, 0.15) is 30.2 Å². The molecule has 0 atom stereocenters. The van der Waals surface area contributed by atoms with Crippen molar-refractivity contribution in [1.29, 1.82) is 5.26 Å². The fourth-order valence-corrected chi connectivity index (χ4v) is 3.32. The molecular weight excluding hydrogens is 354 g/mol. The summed E-state index contributed by atoms with van der Waals surface area (Å²) < 4.78 is 11.3. The van der Waals surface area contributed by atoms with Crippen molar-refractivity contribution in [3.8, 4) is 23.3 Å². The lowest BCUT2D eigenvalue weighted by molar-refractivity contribution is 0.163. The minimum absolute atomic E-state index is 0.292. The molecule has 0 amide bonds. The van der Waals surface area contributed by atoms with Crippen LogP contribution >= 0.6 is 0 Å². The maximum Gasteiger partial charge on any atom is 0.230 e. The first-order chi connectivity index (χ1) is 13.8. The molecule has 1 aromatic carbocycles. The van der Waals surface area contributed by atoms with Crippen molar-refractivity contribution in [3.05, 3.63) is 60.1 Å². The summed E-state index contributed by atoms with van der Waals surface area (Å²) in [5.74, 6) is 2.34. The molecule has 0 N–H and O–H groups in total. The van der Waals surface area contributed by atoms with Crippen molar-refractivity contribution >= 4 is 0 Å². The zero-order valence-corrected chi connectivity index (χ0v) is 15.5. The molecule has 0 aliphatic carbocycles. The Hall–Kier alpha value is -3.24. The standard InChI is InChI=1S/C21H21N5O2/c22-15-16-4-6-18(7-5-16)27-14-13-26-11-8-17(9-12-26)21-24-20(25-28-21)19-3-1-2-10-23-19/h1-7,10,17H,8-9,11-14H2. The Kier molecular flexibility index (Phi) is 5.59. The van der Waals surface area contributed by atoms with E-state index in [9.17, 15) is 0 Å². The van der Waals surface area contributed by atoms with Gasteiger partial charge in [0.15, 0.2) is 0 Å². The van der Waals surface area contributed by atoms with E-state index in [1.807, 2.05) is 30.3 Å². The van der Waals surface area contributed by atoms with Crippen LogP contribution < -0.4 is 4.74 Å². The van der Waals surface area contributed by atoms with E-state index in [2.05, 4.69) is 26.1 Å². The van der Waals surface area contributed by atoms with Crippen molar-refractivity contribution < 1.29 is 9.26 Å². The van der Waals surface area contributed by atoms with Crippen molar-refractivity contribution in [3.63, 3.8) is 0 Å². The van der Waals surface area contributed by atoms with E-state index >= 15 is 0 Å². The van der Waals surface area contributed by atoms with Crippen LogP contribution in [0.3, 0.4) is 0 Å². The van der Waals surface area contributed by atoms with Gasteiger partial charge in [-0.2, -0.15) is 10.2 Å². The van der Waals surface area contributed by atoms with Gasteiger partial charge in [0, 0.05) is 18.7 Å². The minimum Gasteiger partial charge on any atom is -0.492 e. The second kappa shape index (κ2) is 8.63. The quantitative estimate of drug-likeness (QED) is 0.653. The molecule has 3 aromatic rings. The van der Waals surface area contributed by atoms with E-state index in [4.69, 9.17) is 14.5 Å². The van der Waals surface area contributed by atoms with Gasteiger partial charge >= 0.3 is 0 Å². The highest BCUT2D eigenvalue weighted by atomic mass is 16.5. The van der Waals surface area contributed by atoms with Crippen LogP contribution in [0.4, 0.5) is 0 Å². The second-order valence-electron chi connectivity index (χ2n) is 6.77. The molecule has 0 radical (unpaired) electrons. The Morgan fingerprint density at radius 3 is 2.68 bits per heavy atom. The van der Waals surface area contributed by atoms with Gasteiger partial charge in [0.05, 0.1) is 11.6 Å². The lowest BCUT2D eigenvalue weighted by Gasteiger charge is -2.30. The average Bonchev–Trinajstić information content (AvgIpc) is 3.26. The third-order valence-corrected chi connectivity index (χ3v) is 4.93. The minimum atomic E-state index is 0.292. The first kappa shape index (κ1) is 18.1. The van der Waals surface area contributed by atoms with Crippen molar-refractivity contribution in [1.82, 2.24) is 20.0 Å². The molecule has 1 saturated heterocycles. The van der Waals surface area contributed by atoms with Gasteiger partial charge in [-0.1, -0.05) is 11.2 Å². The Bertz CT molecular complexity index is 925. The van der Waals surface area contributed by atoms with Crippen molar-refractivity contribution in [2.24, 2.45) is 0 Å². The van der Waals surface area contributed by atoms with Gasteiger partial charge in [-0.15, -0.1) is 0 Å². The number of ether oxygens (including phenoxy) is 1. The molecule has 0 saturated carbocycles. The monoisotopic (exact) mass is 375 g/mol. The summed E-state index contributed by atoms with van der Waals surface area (Å²) in [5.41, 5.74) is 1.37. The molecule has 142 valence electrons. The van der Waals surface area contributed by atoms with E-state index < -0.39 is 0 Å². The third-order valence-electron chi connectivity index (χ3n) is 4.93. The number of hydrogen-bond donors (Lipinski definition) is 0. The predicted octanol–water partition coefficient (Wildman–Crippen LogP) is 3.26. The summed E-state index contributed by atoms with van der Waals surface area (Å²) in [4.78, 5) is 11.2. The number of hydrogen-bond acceptors (Lipinski definition) is 7. The number of piperidine rings is 1. The summed E-state index contributed by atoms with van der Waals surface area (Å²) in [6.45, 7) is 3.45.